The van der Waals surface area contributed by atoms with Crippen LogP contribution in [0, 0.1) is 11.8 Å². The molecule has 1 heterocycles. The lowest BCUT2D eigenvalue weighted by Crippen LogP contribution is -2.19. The first-order chi connectivity index (χ1) is 11.2. The van der Waals surface area contributed by atoms with Gasteiger partial charge in [0, 0.05) is 5.92 Å². The summed E-state index contributed by atoms with van der Waals surface area (Å²) in [5.41, 5.74) is 2.41. The third-order valence-electron chi connectivity index (χ3n) is 4.96. The number of hydrogen-bond acceptors (Lipinski definition) is 2. The standard InChI is InChI=1S/C21H25NO/c1-4-15(2)16(3)21-22-19(17-11-7-5-8-12-17)20(23-21)18-13-9-6-10-14-18/h5-16,19-20H,4H2,1-3H3/t15-,16-,19-,20-/m0/s1. The zero-order chi connectivity index (χ0) is 16.2. The molecule has 2 nitrogen and oxygen atoms in total. The number of nitrogens with zero attached hydrogens (tertiary/aromatic N) is 1. The van der Waals surface area contributed by atoms with E-state index in [1.165, 1.54) is 11.1 Å². The summed E-state index contributed by atoms with van der Waals surface area (Å²) in [7, 11) is 0. The highest BCUT2D eigenvalue weighted by Gasteiger charge is 2.36. The van der Waals surface area contributed by atoms with Gasteiger partial charge in [-0.05, 0) is 17.0 Å². The summed E-state index contributed by atoms with van der Waals surface area (Å²) >= 11 is 0. The summed E-state index contributed by atoms with van der Waals surface area (Å²) in [6.45, 7) is 6.71. The Morgan fingerprint density at radius 1 is 0.913 bits per heavy atom. The maximum absolute atomic E-state index is 6.35. The van der Waals surface area contributed by atoms with Gasteiger partial charge in [-0.1, -0.05) is 87.9 Å². The fourth-order valence-corrected chi connectivity index (χ4v) is 3.04. The van der Waals surface area contributed by atoms with E-state index in [2.05, 4.69) is 69.3 Å². The fourth-order valence-electron chi connectivity index (χ4n) is 3.04. The van der Waals surface area contributed by atoms with E-state index in [4.69, 9.17) is 9.73 Å². The van der Waals surface area contributed by atoms with Crippen LogP contribution in [0.25, 0.3) is 0 Å². The molecule has 4 atom stereocenters. The van der Waals surface area contributed by atoms with Crippen LogP contribution in [0.5, 0.6) is 0 Å². The molecule has 3 rings (SSSR count). The van der Waals surface area contributed by atoms with Crippen molar-refractivity contribution < 1.29 is 4.74 Å². The van der Waals surface area contributed by atoms with Crippen LogP contribution >= 0.6 is 0 Å². The Hall–Kier alpha value is -2.09. The minimum Gasteiger partial charge on any atom is -0.470 e. The molecule has 0 saturated carbocycles. The first kappa shape index (κ1) is 15.8. The molecule has 0 spiro atoms. The molecular formula is C21H25NO. The average Bonchev–Trinajstić information content (AvgIpc) is 3.07. The van der Waals surface area contributed by atoms with Crippen molar-refractivity contribution in [1.82, 2.24) is 0 Å². The lowest BCUT2D eigenvalue weighted by atomic mass is 9.93. The number of aliphatic imine (C=N–C) groups is 1. The van der Waals surface area contributed by atoms with E-state index in [1.54, 1.807) is 0 Å². The molecule has 120 valence electrons. The molecule has 23 heavy (non-hydrogen) atoms. The van der Waals surface area contributed by atoms with Gasteiger partial charge in [0.25, 0.3) is 0 Å². The highest BCUT2D eigenvalue weighted by Crippen LogP contribution is 2.41. The fraction of sp³-hybridized carbons (Fsp3) is 0.381. The minimum atomic E-state index is -0.0277. The largest absolute Gasteiger partial charge is 0.470 e. The van der Waals surface area contributed by atoms with Gasteiger partial charge >= 0.3 is 0 Å². The molecule has 0 saturated heterocycles. The van der Waals surface area contributed by atoms with E-state index in [0.717, 1.165) is 12.3 Å². The molecule has 0 unspecified atom stereocenters. The average molecular weight is 307 g/mol. The number of rotatable bonds is 5. The Balaban J connectivity index is 1.94. The second-order valence-corrected chi connectivity index (χ2v) is 6.45. The quantitative estimate of drug-likeness (QED) is 0.706. The van der Waals surface area contributed by atoms with Crippen LogP contribution in [0.2, 0.25) is 0 Å². The zero-order valence-corrected chi connectivity index (χ0v) is 14.1. The van der Waals surface area contributed by atoms with Crippen LogP contribution in [-0.4, -0.2) is 5.90 Å². The molecule has 0 aromatic heterocycles. The van der Waals surface area contributed by atoms with Gasteiger partial charge in [-0.15, -0.1) is 0 Å². The van der Waals surface area contributed by atoms with E-state index in [1.807, 2.05) is 12.1 Å². The van der Waals surface area contributed by atoms with Gasteiger partial charge < -0.3 is 4.74 Å². The Morgan fingerprint density at radius 3 is 2.04 bits per heavy atom. The van der Waals surface area contributed by atoms with E-state index >= 15 is 0 Å². The second kappa shape index (κ2) is 6.99. The Morgan fingerprint density at radius 2 is 1.48 bits per heavy atom. The van der Waals surface area contributed by atoms with Crippen molar-refractivity contribution in [3.8, 4) is 0 Å². The van der Waals surface area contributed by atoms with Gasteiger partial charge in [0.05, 0.1) is 0 Å². The molecule has 2 aromatic carbocycles. The molecule has 0 aliphatic carbocycles. The minimum absolute atomic E-state index is 0.0277. The third-order valence-corrected chi connectivity index (χ3v) is 4.96. The summed E-state index contributed by atoms with van der Waals surface area (Å²) in [5.74, 6) is 1.82. The van der Waals surface area contributed by atoms with E-state index in [0.29, 0.717) is 11.8 Å². The van der Waals surface area contributed by atoms with Gasteiger partial charge in [0.1, 0.15) is 6.04 Å². The van der Waals surface area contributed by atoms with Crippen molar-refractivity contribution in [3.05, 3.63) is 71.8 Å². The van der Waals surface area contributed by atoms with Crippen molar-refractivity contribution in [3.63, 3.8) is 0 Å². The first-order valence-corrected chi connectivity index (χ1v) is 8.55. The lowest BCUT2D eigenvalue weighted by Gasteiger charge is -2.21. The number of benzene rings is 2. The van der Waals surface area contributed by atoms with Crippen LogP contribution in [0.15, 0.2) is 65.7 Å². The molecule has 0 N–H and O–H groups in total. The summed E-state index contributed by atoms with van der Waals surface area (Å²) in [5, 5.41) is 0. The molecular weight excluding hydrogens is 282 g/mol. The predicted octanol–water partition coefficient (Wildman–Crippen LogP) is 5.58. The highest BCUT2D eigenvalue weighted by molar-refractivity contribution is 5.81. The lowest BCUT2D eigenvalue weighted by molar-refractivity contribution is 0.180. The van der Waals surface area contributed by atoms with Crippen molar-refractivity contribution >= 4 is 5.90 Å². The van der Waals surface area contributed by atoms with E-state index < -0.39 is 0 Å². The van der Waals surface area contributed by atoms with Crippen molar-refractivity contribution in [1.29, 1.82) is 0 Å². The van der Waals surface area contributed by atoms with Crippen molar-refractivity contribution in [2.45, 2.75) is 39.3 Å². The number of ether oxygens (including phenoxy) is 1. The topological polar surface area (TPSA) is 21.6 Å². The molecule has 0 bridgehead atoms. The molecule has 2 heteroatoms. The van der Waals surface area contributed by atoms with E-state index in [9.17, 15) is 0 Å². The van der Waals surface area contributed by atoms with Gasteiger partial charge in [0.15, 0.2) is 12.0 Å². The van der Waals surface area contributed by atoms with Crippen LogP contribution in [0.4, 0.5) is 0 Å². The molecule has 1 aliphatic rings. The summed E-state index contributed by atoms with van der Waals surface area (Å²) in [6.07, 6.45) is 1.11. The molecule has 0 fully saturated rings. The van der Waals surface area contributed by atoms with Crippen molar-refractivity contribution in [2.75, 3.05) is 0 Å². The van der Waals surface area contributed by atoms with Crippen molar-refractivity contribution in [2.24, 2.45) is 16.8 Å². The van der Waals surface area contributed by atoms with Crippen LogP contribution in [0.1, 0.15) is 50.5 Å². The maximum atomic E-state index is 6.35. The monoisotopic (exact) mass is 307 g/mol. The van der Waals surface area contributed by atoms with Crippen LogP contribution in [-0.2, 0) is 4.74 Å². The summed E-state index contributed by atoms with van der Waals surface area (Å²) < 4.78 is 6.35. The predicted molar refractivity (Wildman–Crippen MR) is 95.5 cm³/mol. The van der Waals surface area contributed by atoms with Gasteiger partial charge in [0.2, 0.25) is 0 Å². The van der Waals surface area contributed by atoms with Crippen LogP contribution in [0.3, 0.4) is 0 Å². The number of hydrogen-bond donors (Lipinski definition) is 0. The Labute approximate surface area is 139 Å². The Kier molecular flexibility index (Phi) is 4.80. The third kappa shape index (κ3) is 3.31. The summed E-state index contributed by atoms with van der Waals surface area (Å²) in [4.78, 5) is 4.98. The van der Waals surface area contributed by atoms with E-state index in [-0.39, 0.29) is 12.1 Å². The second-order valence-electron chi connectivity index (χ2n) is 6.45. The SMILES string of the molecule is CC[C@H](C)[C@H](C)C1=N[C@@H](c2ccccc2)[C@H](c2ccccc2)O1. The molecule has 0 radical (unpaired) electrons. The van der Waals surface area contributed by atoms with Gasteiger partial charge in [-0.2, -0.15) is 0 Å². The highest BCUT2D eigenvalue weighted by atomic mass is 16.5. The first-order valence-electron chi connectivity index (χ1n) is 8.55. The zero-order valence-electron chi connectivity index (χ0n) is 14.1. The van der Waals surface area contributed by atoms with Gasteiger partial charge in [-0.25, -0.2) is 4.99 Å². The molecule has 1 aliphatic heterocycles. The summed E-state index contributed by atoms with van der Waals surface area (Å²) in [6, 6.07) is 21.0. The molecule has 0 amide bonds. The normalized spacial score (nSPS) is 23.0. The van der Waals surface area contributed by atoms with Gasteiger partial charge in [-0.3, -0.25) is 0 Å². The Bertz CT molecular complexity index is 650. The molecule has 2 aromatic rings. The van der Waals surface area contributed by atoms with Crippen LogP contribution < -0.4 is 0 Å². The smallest absolute Gasteiger partial charge is 0.187 e. The maximum Gasteiger partial charge on any atom is 0.187 e.